The molecule has 114 valence electrons. The molecule has 1 unspecified atom stereocenters. The maximum absolute atomic E-state index is 6.17. The van der Waals surface area contributed by atoms with E-state index in [4.69, 9.17) is 11.6 Å². The molecule has 3 nitrogen and oxygen atoms in total. The second-order valence-corrected chi connectivity index (χ2v) is 6.94. The predicted molar refractivity (Wildman–Crippen MR) is 90.6 cm³/mol. The summed E-state index contributed by atoms with van der Waals surface area (Å²) < 4.78 is 3.15. The third-order valence-electron chi connectivity index (χ3n) is 3.39. The van der Waals surface area contributed by atoms with E-state index in [1.807, 2.05) is 10.7 Å². The summed E-state index contributed by atoms with van der Waals surface area (Å²) in [7, 11) is 0. The molecule has 1 aromatic carbocycles. The van der Waals surface area contributed by atoms with Crippen LogP contribution in [0.4, 0.5) is 0 Å². The van der Waals surface area contributed by atoms with Gasteiger partial charge in [-0.15, -0.1) is 11.6 Å². The van der Waals surface area contributed by atoms with Crippen LogP contribution < -0.4 is 0 Å². The molecule has 21 heavy (non-hydrogen) atoms. The number of hydrogen-bond acceptors (Lipinski definition) is 2. The Bertz CT molecular complexity index is 568. The van der Waals surface area contributed by atoms with Crippen molar-refractivity contribution in [2.45, 2.75) is 33.2 Å². The lowest BCUT2D eigenvalue weighted by molar-refractivity contribution is 0.447. The molecule has 2 rings (SSSR count). The van der Waals surface area contributed by atoms with E-state index < -0.39 is 0 Å². The number of benzene rings is 1. The largest absolute Gasteiger partial charge is 0.250 e. The third-order valence-corrected chi connectivity index (χ3v) is 4.60. The Labute approximate surface area is 139 Å². The Morgan fingerprint density at radius 3 is 2.67 bits per heavy atom. The van der Waals surface area contributed by atoms with Crippen LogP contribution in [-0.2, 0) is 19.4 Å². The maximum Gasteiger partial charge on any atom is 0.138 e. The highest BCUT2D eigenvalue weighted by Gasteiger charge is 2.15. The highest BCUT2D eigenvalue weighted by Crippen LogP contribution is 2.22. The molecule has 0 bridgehead atoms. The Morgan fingerprint density at radius 1 is 1.24 bits per heavy atom. The topological polar surface area (TPSA) is 30.7 Å². The minimum absolute atomic E-state index is 0.362. The van der Waals surface area contributed by atoms with E-state index in [0.717, 1.165) is 29.7 Å². The predicted octanol–water partition coefficient (Wildman–Crippen LogP) is 4.34. The third kappa shape index (κ3) is 4.82. The van der Waals surface area contributed by atoms with E-state index in [0.29, 0.717) is 17.7 Å². The van der Waals surface area contributed by atoms with E-state index in [1.54, 1.807) is 6.33 Å². The first-order chi connectivity index (χ1) is 10.1. The lowest BCUT2D eigenvalue weighted by Gasteiger charge is -2.16. The van der Waals surface area contributed by atoms with Crippen LogP contribution >= 0.6 is 27.5 Å². The SMILES string of the molecule is CC(C)Cn1ncnc1CC(CCl)Cc1ccccc1Br. The molecule has 2 aromatic rings. The van der Waals surface area contributed by atoms with Gasteiger partial charge in [0, 0.05) is 23.3 Å². The number of alkyl halides is 1. The molecule has 0 aliphatic carbocycles. The fourth-order valence-electron chi connectivity index (χ4n) is 2.36. The molecule has 0 aliphatic heterocycles. The van der Waals surface area contributed by atoms with Gasteiger partial charge in [-0.2, -0.15) is 5.10 Å². The monoisotopic (exact) mass is 369 g/mol. The molecule has 0 saturated heterocycles. The molecule has 0 saturated carbocycles. The van der Waals surface area contributed by atoms with Crippen molar-refractivity contribution in [1.29, 1.82) is 0 Å². The first-order valence-electron chi connectivity index (χ1n) is 7.26. The van der Waals surface area contributed by atoms with Gasteiger partial charge in [0.05, 0.1) is 0 Å². The molecule has 0 aliphatic rings. The van der Waals surface area contributed by atoms with Crippen LogP contribution in [0.5, 0.6) is 0 Å². The maximum atomic E-state index is 6.17. The van der Waals surface area contributed by atoms with Crippen molar-refractivity contribution in [2.75, 3.05) is 5.88 Å². The summed E-state index contributed by atoms with van der Waals surface area (Å²) in [6.45, 7) is 5.27. The Kier molecular flexibility index (Phi) is 6.24. The van der Waals surface area contributed by atoms with E-state index in [1.165, 1.54) is 5.56 Å². The molecule has 0 N–H and O–H groups in total. The van der Waals surface area contributed by atoms with Crippen molar-refractivity contribution in [3.05, 3.63) is 46.5 Å². The molecule has 0 spiro atoms. The average molecular weight is 371 g/mol. The van der Waals surface area contributed by atoms with Crippen LogP contribution in [0.1, 0.15) is 25.2 Å². The molecular weight excluding hydrogens is 350 g/mol. The van der Waals surface area contributed by atoms with Crippen molar-refractivity contribution < 1.29 is 0 Å². The summed E-state index contributed by atoms with van der Waals surface area (Å²) in [5.41, 5.74) is 1.29. The van der Waals surface area contributed by atoms with Crippen LogP contribution in [0.2, 0.25) is 0 Å². The van der Waals surface area contributed by atoms with Gasteiger partial charge < -0.3 is 0 Å². The van der Waals surface area contributed by atoms with Crippen molar-refractivity contribution in [2.24, 2.45) is 11.8 Å². The average Bonchev–Trinajstić information content (AvgIpc) is 2.86. The second-order valence-electron chi connectivity index (χ2n) is 5.77. The molecule has 0 fully saturated rings. The van der Waals surface area contributed by atoms with Crippen molar-refractivity contribution in [3.8, 4) is 0 Å². The van der Waals surface area contributed by atoms with Crippen LogP contribution in [0, 0.1) is 11.8 Å². The number of nitrogens with zero attached hydrogens (tertiary/aromatic N) is 3. The zero-order chi connectivity index (χ0) is 15.2. The normalized spacial score (nSPS) is 12.8. The lowest BCUT2D eigenvalue weighted by Crippen LogP contribution is -2.17. The summed E-state index contributed by atoms with van der Waals surface area (Å²) in [5, 5.41) is 4.32. The van der Waals surface area contributed by atoms with Gasteiger partial charge in [-0.25, -0.2) is 9.67 Å². The fourth-order valence-corrected chi connectivity index (χ4v) is 3.02. The molecule has 0 radical (unpaired) electrons. The Morgan fingerprint density at radius 2 is 2.00 bits per heavy atom. The quantitative estimate of drug-likeness (QED) is 0.679. The molecule has 1 atom stereocenters. The van der Waals surface area contributed by atoms with E-state index >= 15 is 0 Å². The minimum atomic E-state index is 0.362. The summed E-state index contributed by atoms with van der Waals surface area (Å²) in [6.07, 6.45) is 3.44. The van der Waals surface area contributed by atoms with Crippen LogP contribution in [-0.4, -0.2) is 20.6 Å². The highest BCUT2D eigenvalue weighted by atomic mass is 79.9. The van der Waals surface area contributed by atoms with Crippen molar-refractivity contribution in [1.82, 2.24) is 14.8 Å². The molecule has 1 aromatic heterocycles. The van der Waals surface area contributed by atoms with Crippen molar-refractivity contribution >= 4 is 27.5 Å². The number of rotatable bonds is 7. The zero-order valence-corrected chi connectivity index (χ0v) is 14.8. The lowest BCUT2D eigenvalue weighted by atomic mass is 9.97. The number of hydrogen-bond donors (Lipinski definition) is 0. The summed E-state index contributed by atoms with van der Waals surface area (Å²) in [5.74, 6) is 2.57. The van der Waals surface area contributed by atoms with Gasteiger partial charge in [0.2, 0.25) is 0 Å². The first-order valence-corrected chi connectivity index (χ1v) is 8.59. The molecule has 1 heterocycles. The molecule has 0 amide bonds. The summed E-state index contributed by atoms with van der Waals surface area (Å²) in [6, 6.07) is 8.31. The van der Waals surface area contributed by atoms with Crippen LogP contribution in [0.3, 0.4) is 0 Å². The van der Waals surface area contributed by atoms with Gasteiger partial charge in [0.15, 0.2) is 0 Å². The fraction of sp³-hybridized carbons (Fsp3) is 0.500. The smallest absolute Gasteiger partial charge is 0.138 e. The van der Waals surface area contributed by atoms with E-state index in [2.05, 4.69) is 58.1 Å². The molecular formula is C16H21BrClN3. The Hall–Kier alpha value is -0.870. The van der Waals surface area contributed by atoms with Gasteiger partial charge in [-0.3, -0.25) is 0 Å². The zero-order valence-electron chi connectivity index (χ0n) is 12.5. The minimum Gasteiger partial charge on any atom is -0.250 e. The summed E-state index contributed by atoms with van der Waals surface area (Å²) in [4.78, 5) is 4.40. The van der Waals surface area contributed by atoms with Crippen LogP contribution in [0.15, 0.2) is 35.1 Å². The van der Waals surface area contributed by atoms with Gasteiger partial charge in [0.1, 0.15) is 12.2 Å². The Balaban J connectivity index is 2.06. The first kappa shape index (κ1) is 16.5. The van der Waals surface area contributed by atoms with E-state index in [-0.39, 0.29) is 0 Å². The van der Waals surface area contributed by atoms with E-state index in [9.17, 15) is 0 Å². The number of aromatic nitrogens is 3. The van der Waals surface area contributed by atoms with Gasteiger partial charge in [-0.05, 0) is 29.9 Å². The number of halogens is 2. The highest BCUT2D eigenvalue weighted by molar-refractivity contribution is 9.10. The van der Waals surface area contributed by atoms with Gasteiger partial charge in [-0.1, -0.05) is 48.0 Å². The van der Waals surface area contributed by atoms with Gasteiger partial charge in [0.25, 0.3) is 0 Å². The standard InChI is InChI=1S/C16H21BrClN3/c1-12(2)10-21-16(19-11-20-21)8-13(9-18)7-14-5-3-4-6-15(14)17/h3-6,11-13H,7-10H2,1-2H3. The van der Waals surface area contributed by atoms with Gasteiger partial charge >= 0.3 is 0 Å². The molecule has 5 heteroatoms. The summed E-state index contributed by atoms with van der Waals surface area (Å²) >= 11 is 9.77. The van der Waals surface area contributed by atoms with Crippen LogP contribution in [0.25, 0.3) is 0 Å². The van der Waals surface area contributed by atoms with Crippen molar-refractivity contribution in [3.63, 3.8) is 0 Å². The second kappa shape index (κ2) is 7.95.